The number of carbonyl (C=O) groups is 4. The number of anilines is 2. The molecule has 2 aromatic carbocycles. The van der Waals surface area contributed by atoms with E-state index >= 15 is 0 Å². The van der Waals surface area contributed by atoms with Crippen LogP contribution in [0.1, 0.15) is 30.1 Å². The number of ether oxygens (including phenoxy) is 2. The van der Waals surface area contributed by atoms with Gasteiger partial charge in [-0.2, -0.15) is 0 Å². The molecule has 220 valence electrons. The van der Waals surface area contributed by atoms with E-state index in [1.165, 1.54) is 68.8 Å². The Kier molecular flexibility index (Phi) is 8.22. The summed E-state index contributed by atoms with van der Waals surface area (Å²) in [5.74, 6) is -1.63. The normalized spacial score (nSPS) is 13.1. The number of carbonyl (C=O) groups excluding carboxylic acids is 4. The Morgan fingerprint density at radius 2 is 1.65 bits per heavy atom. The predicted octanol–water partition coefficient (Wildman–Crippen LogP) is 4.90. The Hall–Kier alpha value is -5.10. The van der Waals surface area contributed by atoms with Crippen molar-refractivity contribution in [2.45, 2.75) is 19.8 Å². The molecule has 0 radical (unpaired) electrons. The third-order valence-corrected chi connectivity index (χ3v) is 6.97. The van der Waals surface area contributed by atoms with Gasteiger partial charge in [0.05, 0.1) is 23.0 Å². The molecule has 4 aromatic rings. The molecule has 1 aliphatic carbocycles. The summed E-state index contributed by atoms with van der Waals surface area (Å²) in [6.07, 6.45) is 3.52. The highest BCUT2D eigenvalue weighted by molar-refractivity contribution is 6.32. The summed E-state index contributed by atoms with van der Waals surface area (Å²) in [6.45, 7) is 1.16. The lowest BCUT2D eigenvalue weighted by Crippen LogP contribution is -2.35. The number of amides is 3. The van der Waals surface area contributed by atoms with Crippen molar-refractivity contribution in [2.75, 3.05) is 24.3 Å². The Balaban J connectivity index is 1.33. The molecule has 2 heterocycles. The first-order valence-corrected chi connectivity index (χ1v) is 13.5. The van der Waals surface area contributed by atoms with Crippen LogP contribution in [0.5, 0.6) is 17.4 Å². The molecule has 0 aliphatic heterocycles. The third kappa shape index (κ3) is 6.38. The van der Waals surface area contributed by atoms with Gasteiger partial charge in [0.25, 0.3) is 5.91 Å². The van der Waals surface area contributed by atoms with Crippen LogP contribution in [0.2, 0.25) is 5.02 Å². The van der Waals surface area contributed by atoms with Gasteiger partial charge in [-0.25, -0.2) is 9.37 Å². The Morgan fingerprint density at radius 3 is 2.28 bits per heavy atom. The molecule has 11 nitrogen and oxygen atoms in total. The Labute approximate surface area is 249 Å². The molecule has 1 aliphatic rings. The van der Waals surface area contributed by atoms with E-state index in [1.54, 1.807) is 6.07 Å². The van der Waals surface area contributed by atoms with Crippen LogP contribution in [-0.4, -0.2) is 47.1 Å². The molecule has 0 atom stereocenters. The van der Waals surface area contributed by atoms with E-state index in [0.29, 0.717) is 29.4 Å². The number of ketones is 1. The van der Waals surface area contributed by atoms with Crippen LogP contribution in [0.3, 0.4) is 0 Å². The third-order valence-electron chi connectivity index (χ3n) is 6.70. The summed E-state index contributed by atoms with van der Waals surface area (Å²) in [4.78, 5) is 58.4. The fourth-order valence-electron chi connectivity index (χ4n) is 4.24. The number of fused-ring (bicyclic) bond motifs is 1. The van der Waals surface area contributed by atoms with Crippen molar-refractivity contribution in [1.82, 2.24) is 15.3 Å². The number of nitrogens with one attached hydrogen (secondary N) is 3. The number of hydrogen-bond donors (Lipinski definition) is 3. The number of pyridine rings is 2. The van der Waals surface area contributed by atoms with Gasteiger partial charge in [0, 0.05) is 30.4 Å². The lowest BCUT2D eigenvalue weighted by molar-refractivity contribution is -0.131. The second-order valence-electron chi connectivity index (χ2n) is 9.85. The second-order valence-corrected chi connectivity index (χ2v) is 10.3. The van der Waals surface area contributed by atoms with Crippen LogP contribution >= 0.6 is 11.6 Å². The summed E-state index contributed by atoms with van der Waals surface area (Å²) >= 11 is 6.45. The number of Topliss-reactive ketones (excluding diaryl/α,β-unsaturated/α-hetero) is 1. The lowest BCUT2D eigenvalue weighted by atomic mass is 10.0. The zero-order chi connectivity index (χ0) is 30.7. The monoisotopic (exact) mass is 605 g/mol. The summed E-state index contributed by atoms with van der Waals surface area (Å²) in [5.41, 5.74) is -0.0397. The number of benzene rings is 2. The van der Waals surface area contributed by atoms with Gasteiger partial charge < -0.3 is 25.4 Å². The molecule has 1 saturated carbocycles. The number of hydrogen-bond acceptors (Lipinski definition) is 8. The quantitative estimate of drug-likeness (QED) is 0.216. The zero-order valence-corrected chi connectivity index (χ0v) is 23.8. The summed E-state index contributed by atoms with van der Waals surface area (Å²) in [5, 5.41) is 8.39. The molecule has 1 fully saturated rings. The van der Waals surface area contributed by atoms with Crippen molar-refractivity contribution in [2.24, 2.45) is 5.41 Å². The standard InChI is InChI=1S/C30H25ClFN5O6/c1-16(38)15-42-25-13-23-20(12-21(25)26(39)33-2)24(7-10-34-23)43-27-22(31)11-19(14-35-27)37-29(41)30(8-9-30)28(40)36-18-5-3-17(32)4-6-18/h3-7,10-14H,8-9,15H2,1-2H3,(H,33,39)(H,36,40)(H,37,41). The van der Waals surface area contributed by atoms with Gasteiger partial charge in [-0.3, -0.25) is 24.2 Å². The first-order chi connectivity index (χ1) is 20.6. The van der Waals surface area contributed by atoms with Gasteiger partial charge in [-0.05, 0) is 62.2 Å². The topological polar surface area (TPSA) is 149 Å². The SMILES string of the molecule is CNC(=O)c1cc2c(Oc3ncc(NC(=O)C4(C(=O)Nc5ccc(F)cc5)CC4)cc3Cl)ccnc2cc1OCC(C)=O. The summed E-state index contributed by atoms with van der Waals surface area (Å²) < 4.78 is 24.7. The highest BCUT2D eigenvalue weighted by atomic mass is 35.5. The average molecular weight is 606 g/mol. The molecule has 13 heteroatoms. The number of aromatic nitrogens is 2. The van der Waals surface area contributed by atoms with Crippen molar-refractivity contribution in [1.29, 1.82) is 0 Å². The van der Waals surface area contributed by atoms with E-state index < -0.39 is 29.0 Å². The lowest BCUT2D eigenvalue weighted by Gasteiger charge is -2.16. The van der Waals surface area contributed by atoms with Gasteiger partial charge >= 0.3 is 0 Å². The van der Waals surface area contributed by atoms with Crippen molar-refractivity contribution in [3.05, 3.63) is 77.3 Å². The molecule has 0 saturated heterocycles. The van der Waals surface area contributed by atoms with Crippen molar-refractivity contribution in [3.63, 3.8) is 0 Å². The second kappa shape index (κ2) is 12.0. The first kappa shape index (κ1) is 29.4. The first-order valence-electron chi connectivity index (χ1n) is 13.1. The molecule has 0 bridgehead atoms. The summed E-state index contributed by atoms with van der Waals surface area (Å²) in [7, 11) is 1.47. The van der Waals surface area contributed by atoms with E-state index in [2.05, 4.69) is 25.9 Å². The van der Waals surface area contributed by atoms with Crippen molar-refractivity contribution >= 4 is 57.4 Å². The maximum absolute atomic E-state index is 13.2. The van der Waals surface area contributed by atoms with E-state index in [9.17, 15) is 23.6 Å². The average Bonchev–Trinajstić information content (AvgIpc) is 3.80. The van der Waals surface area contributed by atoms with E-state index in [1.807, 2.05) is 0 Å². The van der Waals surface area contributed by atoms with Crippen LogP contribution < -0.4 is 25.4 Å². The highest BCUT2D eigenvalue weighted by Crippen LogP contribution is 2.47. The van der Waals surface area contributed by atoms with Gasteiger partial charge in [0.15, 0.2) is 5.78 Å². The fourth-order valence-corrected chi connectivity index (χ4v) is 4.44. The van der Waals surface area contributed by atoms with Gasteiger partial charge in [-0.1, -0.05) is 11.6 Å². The number of rotatable bonds is 10. The molecule has 5 rings (SSSR count). The molecule has 3 amide bonds. The molecule has 2 aromatic heterocycles. The molecule has 0 unspecified atom stereocenters. The molecular formula is C30H25ClFN5O6. The van der Waals surface area contributed by atoms with Gasteiger partial charge in [-0.15, -0.1) is 0 Å². The van der Waals surface area contributed by atoms with Crippen LogP contribution in [0, 0.1) is 11.2 Å². The van der Waals surface area contributed by atoms with E-state index in [-0.39, 0.29) is 46.0 Å². The van der Waals surface area contributed by atoms with E-state index in [4.69, 9.17) is 21.1 Å². The smallest absolute Gasteiger partial charge is 0.254 e. The fraction of sp³-hybridized carbons (Fsp3) is 0.200. The Morgan fingerprint density at radius 1 is 0.953 bits per heavy atom. The zero-order valence-electron chi connectivity index (χ0n) is 23.0. The van der Waals surface area contributed by atoms with Crippen LogP contribution in [0.4, 0.5) is 15.8 Å². The maximum Gasteiger partial charge on any atom is 0.254 e. The number of nitrogens with zero attached hydrogens (tertiary/aromatic N) is 2. The van der Waals surface area contributed by atoms with Gasteiger partial charge in [0.1, 0.15) is 34.4 Å². The van der Waals surface area contributed by atoms with Gasteiger partial charge in [0.2, 0.25) is 17.7 Å². The minimum Gasteiger partial charge on any atom is -0.485 e. The van der Waals surface area contributed by atoms with Crippen LogP contribution in [0.25, 0.3) is 10.9 Å². The highest BCUT2D eigenvalue weighted by Gasteiger charge is 2.56. The molecule has 43 heavy (non-hydrogen) atoms. The minimum atomic E-state index is -1.26. The molecule has 0 spiro atoms. The maximum atomic E-state index is 13.2. The predicted molar refractivity (Wildman–Crippen MR) is 156 cm³/mol. The molecular weight excluding hydrogens is 581 g/mol. The van der Waals surface area contributed by atoms with E-state index in [0.717, 1.165) is 0 Å². The van der Waals surface area contributed by atoms with Crippen LogP contribution in [-0.2, 0) is 14.4 Å². The Bertz CT molecular complexity index is 1760. The van der Waals surface area contributed by atoms with Crippen LogP contribution in [0.15, 0.2) is 60.9 Å². The minimum absolute atomic E-state index is 0.0146. The largest absolute Gasteiger partial charge is 0.485 e. The summed E-state index contributed by atoms with van der Waals surface area (Å²) in [6, 6.07) is 11.3. The number of halogens is 2. The van der Waals surface area contributed by atoms with Crippen molar-refractivity contribution in [3.8, 4) is 17.4 Å². The van der Waals surface area contributed by atoms with Crippen molar-refractivity contribution < 1.29 is 33.0 Å². The molecule has 3 N–H and O–H groups in total.